The van der Waals surface area contributed by atoms with E-state index in [0.29, 0.717) is 34.8 Å². The van der Waals surface area contributed by atoms with Crippen molar-refractivity contribution >= 4 is 27.6 Å². The Morgan fingerprint density at radius 1 is 1.18 bits per heavy atom. The molecule has 0 aliphatic carbocycles. The first-order valence-electron chi connectivity index (χ1n) is 13.2. The van der Waals surface area contributed by atoms with Crippen molar-refractivity contribution in [1.29, 1.82) is 0 Å². The Labute approximate surface area is 237 Å². The van der Waals surface area contributed by atoms with Gasteiger partial charge in [-0.1, -0.05) is 62.7 Å². The van der Waals surface area contributed by atoms with Gasteiger partial charge in [0.25, 0.3) is 0 Å². The standard InChI is InChI=1S/C29H41ClFN3O4S/c1-20-10-11-25(30)24(27(20)31)19-33(23(18-32(5)6)15-29(2,3)4)16-21-8-7-9-22(14-21)17-34-26(28(35)36)12-13-39(34,37)38/h7-11,14,23,26H,12-13,15-19H2,1-6H3,(H,35,36)/t23-,26?/m0/s1. The molecular weight excluding hydrogens is 541 g/mol. The maximum Gasteiger partial charge on any atom is 0.322 e. The topological polar surface area (TPSA) is 81.2 Å². The minimum atomic E-state index is -3.64. The van der Waals surface area contributed by atoms with E-state index in [9.17, 15) is 18.3 Å². The van der Waals surface area contributed by atoms with Gasteiger partial charge >= 0.3 is 5.97 Å². The number of carboxylic acid groups (broad SMARTS) is 1. The van der Waals surface area contributed by atoms with Crippen LogP contribution in [0.5, 0.6) is 0 Å². The highest BCUT2D eigenvalue weighted by molar-refractivity contribution is 7.89. The van der Waals surface area contributed by atoms with E-state index in [4.69, 9.17) is 11.6 Å². The third-order valence-electron chi connectivity index (χ3n) is 7.04. The Balaban J connectivity index is 1.96. The second kappa shape index (κ2) is 12.6. The molecule has 2 aromatic rings. The number of rotatable bonds is 11. The summed E-state index contributed by atoms with van der Waals surface area (Å²) in [6.45, 7) is 9.83. The number of benzene rings is 2. The Morgan fingerprint density at radius 2 is 1.85 bits per heavy atom. The van der Waals surface area contributed by atoms with Gasteiger partial charge < -0.3 is 10.0 Å². The van der Waals surface area contributed by atoms with E-state index in [1.807, 2.05) is 38.4 Å². The lowest BCUT2D eigenvalue weighted by atomic mass is 9.87. The molecule has 0 aromatic heterocycles. The SMILES string of the molecule is Cc1ccc(Cl)c(CN(Cc2cccc(CN3C(C(=O)O)CCS3(=O)=O)c2)[C@H](CN(C)C)CC(C)(C)C)c1F. The van der Waals surface area contributed by atoms with Gasteiger partial charge in [0.2, 0.25) is 10.0 Å². The molecule has 0 bridgehead atoms. The number of halogens is 2. The summed E-state index contributed by atoms with van der Waals surface area (Å²) in [5.41, 5.74) is 2.65. The van der Waals surface area contributed by atoms with Gasteiger partial charge in [0.1, 0.15) is 11.9 Å². The lowest BCUT2D eigenvalue weighted by Gasteiger charge is -2.38. The first kappa shape index (κ1) is 31.5. The molecule has 2 atom stereocenters. The third-order valence-corrected chi connectivity index (χ3v) is 9.24. The Hall–Kier alpha value is -2.04. The number of aliphatic carboxylic acids is 1. The number of hydrogen-bond acceptors (Lipinski definition) is 5. The molecule has 0 amide bonds. The van der Waals surface area contributed by atoms with Crippen LogP contribution in [0.2, 0.25) is 5.02 Å². The van der Waals surface area contributed by atoms with Crippen LogP contribution in [0, 0.1) is 18.2 Å². The molecule has 7 nitrogen and oxygen atoms in total. The summed E-state index contributed by atoms with van der Waals surface area (Å²) < 4.78 is 41.5. The highest BCUT2D eigenvalue weighted by Crippen LogP contribution is 2.30. The van der Waals surface area contributed by atoms with Gasteiger partial charge in [-0.05, 0) is 62.0 Å². The summed E-state index contributed by atoms with van der Waals surface area (Å²) in [4.78, 5) is 16.0. The molecule has 0 radical (unpaired) electrons. The van der Waals surface area contributed by atoms with Crippen LogP contribution in [0.3, 0.4) is 0 Å². The second-order valence-corrected chi connectivity index (χ2v) is 14.5. The van der Waals surface area contributed by atoms with Crippen molar-refractivity contribution in [2.75, 3.05) is 26.4 Å². The van der Waals surface area contributed by atoms with Crippen molar-refractivity contribution < 1.29 is 22.7 Å². The minimum absolute atomic E-state index is 0.00536. The molecule has 3 rings (SSSR count). The third kappa shape index (κ3) is 8.47. The molecule has 1 aliphatic heterocycles. The molecule has 10 heteroatoms. The summed E-state index contributed by atoms with van der Waals surface area (Å²) >= 11 is 6.49. The molecular formula is C29H41ClFN3O4S. The van der Waals surface area contributed by atoms with E-state index in [2.05, 4.69) is 30.6 Å². The number of sulfonamides is 1. The number of nitrogens with zero attached hydrogens (tertiary/aromatic N) is 3. The Bertz CT molecular complexity index is 1280. The average Bonchev–Trinajstić information content (AvgIpc) is 3.11. The van der Waals surface area contributed by atoms with Crippen LogP contribution in [0.15, 0.2) is 36.4 Å². The number of likely N-dealkylation sites (N-methyl/N-ethyl adjacent to an activating group) is 1. The zero-order valence-corrected chi connectivity index (χ0v) is 25.3. The van der Waals surface area contributed by atoms with Gasteiger partial charge in [0.05, 0.1) is 5.75 Å². The predicted octanol–water partition coefficient (Wildman–Crippen LogP) is 5.14. The summed E-state index contributed by atoms with van der Waals surface area (Å²) in [7, 11) is 0.399. The summed E-state index contributed by atoms with van der Waals surface area (Å²) in [6.07, 6.45) is 0.940. The van der Waals surface area contributed by atoms with E-state index in [1.54, 1.807) is 19.1 Å². The van der Waals surface area contributed by atoms with Crippen LogP contribution in [-0.4, -0.2) is 72.1 Å². The molecule has 1 aliphatic rings. The van der Waals surface area contributed by atoms with E-state index in [1.165, 1.54) is 0 Å². The van der Waals surface area contributed by atoms with Crippen LogP contribution in [0.1, 0.15) is 55.9 Å². The molecule has 2 aromatic carbocycles. The van der Waals surface area contributed by atoms with Crippen LogP contribution in [-0.2, 0) is 34.5 Å². The second-order valence-electron chi connectivity index (χ2n) is 12.1. The largest absolute Gasteiger partial charge is 0.480 e. The smallest absolute Gasteiger partial charge is 0.322 e. The van der Waals surface area contributed by atoms with Crippen molar-refractivity contribution in [3.63, 3.8) is 0 Å². The maximum absolute atomic E-state index is 15.3. The molecule has 0 spiro atoms. The fraction of sp³-hybridized carbons (Fsp3) is 0.552. The first-order valence-corrected chi connectivity index (χ1v) is 15.2. The molecule has 216 valence electrons. The lowest BCUT2D eigenvalue weighted by molar-refractivity contribution is -0.141. The molecule has 1 N–H and O–H groups in total. The van der Waals surface area contributed by atoms with E-state index in [0.717, 1.165) is 22.8 Å². The fourth-order valence-corrected chi connectivity index (χ4v) is 7.12. The highest BCUT2D eigenvalue weighted by Gasteiger charge is 2.41. The van der Waals surface area contributed by atoms with Crippen molar-refractivity contribution in [1.82, 2.24) is 14.1 Å². The Morgan fingerprint density at radius 3 is 2.46 bits per heavy atom. The quantitative estimate of drug-likeness (QED) is 0.395. The average molecular weight is 582 g/mol. The molecule has 39 heavy (non-hydrogen) atoms. The van der Waals surface area contributed by atoms with Crippen molar-refractivity contribution in [3.05, 3.63) is 69.5 Å². The van der Waals surface area contributed by atoms with Crippen molar-refractivity contribution in [2.24, 2.45) is 5.41 Å². The zero-order valence-electron chi connectivity index (χ0n) is 23.7. The van der Waals surface area contributed by atoms with Crippen LogP contribution in [0.4, 0.5) is 4.39 Å². The van der Waals surface area contributed by atoms with E-state index >= 15 is 4.39 Å². The summed E-state index contributed by atoms with van der Waals surface area (Å²) in [5.74, 6) is -1.61. The van der Waals surface area contributed by atoms with E-state index in [-0.39, 0.29) is 36.0 Å². The molecule has 1 fully saturated rings. The number of carbonyl (C=O) groups is 1. The van der Waals surface area contributed by atoms with Gasteiger partial charge in [-0.15, -0.1) is 0 Å². The van der Waals surface area contributed by atoms with Crippen molar-refractivity contribution in [2.45, 2.75) is 72.3 Å². The van der Waals surface area contributed by atoms with Gasteiger partial charge in [-0.25, -0.2) is 12.8 Å². The maximum atomic E-state index is 15.3. The molecule has 1 saturated heterocycles. The van der Waals surface area contributed by atoms with E-state index < -0.39 is 22.0 Å². The number of hydrogen-bond donors (Lipinski definition) is 1. The zero-order chi connectivity index (χ0) is 29.1. The molecule has 1 heterocycles. The highest BCUT2D eigenvalue weighted by atomic mass is 35.5. The van der Waals surface area contributed by atoms with Gasteiger partial charge in [0, 0.05) is 42.8 Å². The number of carboxylic acids is 1. The van der Waals surface area contributed by atoms with Gasteiger partial charge in [-0.2, -0.15) is 4.31 Å². The number of aryl methyl sites for hydroxylation is 1. The van der Waals surface area contributed by atoms with Gasteiger partial charge in [0.15, 0.2) is 0 Å². The fourth-order valence-electron chi connectivity index (χ4n) is 5.23. The van der Waals surface area contributed by atoms with Crippen LogP contribution in [0.25, 0.3) is 0 Å². The summed E-state index contributed by atoms with van der Waals surface area (Å²) in [6, 6.07) is 9.97. The molecule has 0 saturated carbocycles. The Kier molecular flexibility index (Phi) is 10.2. The van der Waals surface area contributed by atoms with Crippen LogP contribution < -0.4 is 0 Å². The van der Waals surface area contributed by atoms with Crippen LogP contribution >= 0.6 is 11.6 Å². The van der Waals surface area contributed by atoms with Crippen molar-refractivity contribution in [3.8, 4) is 0 Å². The lowest BCUT2D eigenvalue weighted by Crippen LogP contribution is -2.43. The monoisotopic (exact) mass is 581 g/mol. The normalized spacial score (nSPS) is 18.7. The molecule has 1 unspecified atom stereocenters. The minimum Gasteiger partial charge on any atom is -0.480 e. The first-order chi connectivity index (χ1) is 18.1. The summed E-state index contributed by atoms with van der Waals surface area (Å²) in [5, 5.41) is 9.92. The predicted molar refractivity (Wildman–Crippen MR) is 154 cm³/mol. The van der Waals surface area contributed by atoms with Gasteiger partial charge in [-0.3, -0.25) is 9.69 Å².